The Kier molecular flexibility index (Phi) is 5.10. The molecular formula is C13H21NO6. The molecule has 0 spiro atoms. The van der Waals surface area contributed by atoms with E-state index in [2.05, 4.69) is 0 Å². The maximum atomic E-state index is 12.0. The van der Waals surface area contributed by atoms with E-state index in [0.717, 1.165) is 0 Å². The van der Waals surface area contributed by atoms with Crippen LogP contribution in [0, 0.1) is 11.8 Å². The van der Waals surface area contributed by atoms with Crippen LogP contribution in [-0.2, 0) is 19.1 Å². The fraction of sp³-hybridized carbons (Fsp3) is 0.769. The zero-order chi connectivity index (χ0) is 15.5. The lowest BCUT2D eigenvalue weighted by atomic mass is 9.85. The molecule has 2 N–H and O–H groups in total. The zero-order valence-electron chi connectivity index (χ0n) is 12.0. The van der Waals surface area contributed by atoms with Gasteiger partial charge in [0, 0.05) is 13.1 Å². The number of ether oxygens (including phenoxy) is 1. The van der Waals surface area contributed by atoms with E-state index in [1.807, 2.05) is 20.8 Å². The van der Waals surface area contributed by atoms with Gasteiger partial charge in [-0.15, -0.1) is 0 Å². The van der Waals surface area contributed by atoms with Crippen LogP contribution in [0.4, 0.5) is 0 Å². The molecule has 2 atom stereocenters. The van der Waals surface area contributed by atoms with E-state index in [-0.39, 0.29) is 32.0 Å². The fourth-order valence-corrected chi connectivity index (χ4v) is 2.09. The van der Waals surface area contributed by atoms with Crippen LogP contribution in [0.3, 0.4) is 0 Å². The smallest absolute Gasteiger partial charge is 0.309 e. The lowest BCUT2D eigenvalue weighted by molar-refractivity contribution is -0.160. The Morgan fingerprint density at radius 1 is 1.15 bits per heavy atom. The number of rotatable bonds is 4. The molecule has 1 saturated heterocycles. The Morgan fingerprint density at radius 2 is 1.70 bits per heavy atom. The summed E-state index contributed by atoms with van der Waals surface area (Å²) < 4.78 is 5.36. The number of carbonyl (C=O) groups excluding carboxylic acids is 1. The molecule has 20 heavy (non-hydrogen) atoms. The molecule has 0 aliphatic carbocycles. The van der Waals surface area contributed by atoms with Crippen molar-refractivity contribution in [3.8, 4) is 0 Å². The average Bonchev–Trinajstić information content (AvgIpc) is 2.34. The van der Waals surface area contributed by atoms with Crippen molar-refractivity contribution in [3.63, 3.8) is 0 Å². The lowest BCUT2D eigenvalue weighted by Gasteiger charge is -2.35. The molecular weight excluding hydrogens is 266 g/mol. The van der Waals surface area contributed by atoms with E-state index in [0.29, 0.717) is 0 Å². The van der Waals surface area contributed by atoms with Gasteiger partial charge in [0.15, 0.2) is 0 Å². The minimum atomic E-state index is -1.19. The number of nitrogens with zero attached hydrogens (tertiary/aromatic N) is 1. The molecule has 0 radical (unpaired) electrons. The topological polar surface area (TPSA) is 104 Å². The van der Waals surface area contributed by atoms with Crippen LogP contribution in [0.2, 0.25) is 0 Å². The van der Waals surface area contributed by atoms with Gasteiger partial charge >= 0.3 is 11.9 Å². The van der Waals surface area contributed by atoms with Gasteiger partial charge in [-0.3, -0.25) is 14.4 Å². The molecule has 0 aromatic rings. The highest BCUT2D eigenvalue weighted by Gasteiger charge is 2.40. The van der Waals surface area contributed by atoms with Crippen LogP contribution in [0.5, 0.6) is 0 Å². The van der Waals surface area contributed by atoms with E-state index in [1.165, 1.54) is 4.90 Å². The molecule has 0 bridgehead atoms. The number of hydrogen-bond acceptors (Lipinski definition) is 4. The van der Waals surface area contributed by atoms with Crippen molar-refractivity contribution >= 4 is 17.8 Å². The third-order valence-electron chi connectivity index (χ3n) is 3.23. The zero-order valence-corrected chi connectivity index (χ0v) is 12.0. The number of aliphatic carboxylic acids is 2. The highest BCUT2D eigenvalue weighted by molar-refractivity contribution is 5.83. The molecule has 7 heteroatoms. The van der Waals surface area contributed by atoms with Crippen molar-refractivity contribution in [2.75, 3.05) is 19.7 Å². The van der Waals surface area contributed by atoms with Crippen molar-refractivity contribution in [2.45, 2.75) is 32.8 Å². The van der Waals surface area contributed by atoms with Gasteiger partial charge < -0.3 is 19.8 Å². The number of hydrogen-bond donors (Lipinski definition) is 2. The monoisotopic (exact) mass is 287 g/mol. The number of carbonyl (C=O) groups is 3. The van der Waals surface area contributed by atoms with Crippen molar-refractivity contribution in [1.82, 2.24) is 4.90 Å². The van der Waals surface area contributed by atoms with E-state index >= 15 is 0 Å². The first-order chi connectivity index (χ1) is 9.11. The maximum absolute atomic E-state index is 12.0. The van der Waals surface area contributed by atoms with E-state index < -0.39 is 29.4 Å². The molecule has 1 fully saturated rings. The minimum Gasteiger partial charge on any atom is -0.481 e. The molecule has 2 unspecified atom stereocenters. The molecule has 1 amide bonds. The average molecular weight is 287 g/mol. The predicted molar refractivity (Wildman–Crippen MR) is 69.2 cm³/mol. The highest BCUT2D eigenvalue weighted by Crippen LogP contribution is 2.24. The summed E-state index contributed by atoms with van der Waals surface area (Å²) >= 11 is 0. The van der Waals surface area contributed by atoms with E-state index in [9.17, 15) is 14.4 Å². The largest absolute Gasteiger partial charge is 0.481 e. The van der Waals surface area contributed by atoms with Crippen molar-refractivity contribution < 1.29 is 29.3 Å². The van der Waals surface area contributed by atoms with E-state index in [1.54, 1.807) is 0 Å². The number of carboxylic acids is 2. The van der Waals surface area contributed by atoms with Crippen molar-refractivity contribution in [2.24, 2.45) is 11.8 Å². The van der Waals surface area contributed by atoms with Gasteiger partial charge in [0.05, 0.1) is 17.4 Å². The van der Waals surface area contributed by atoms with Gasteiger partial charge in [-0.05, 0) is 27.2 Å². The molecule has 7 nitrogen and oxygen atoms in total. The first kappa shape index (κ1) is 16.4. The van der Waals surface area contributed by atoms with Gasteiger partial charge in [-0.1, -0.05) is 0 Å². The van der Waals surface area contributed by atoms with Crippen LogP contribution in [-0.4, -0.2) is 58.3 Å². The standard InChI is InChI=1S/C13H21NO6/c1-13(2,3)20-7-10(15)14-5-4-8(11(16)17)9(6-14)12(18)19/h8-9H,4-7H2,1-3H3,(H,16,17)(H,18,19). The van der Waals surface area contributed by atoms with Crippen LogP contribution >= 0.6 is 0 Å². The summed E-state index contributed by atoms with van der Waals surface area (Å²) in [5.74, 6) is -4.64. The number of piperidine rings is 1. The summed E-state index contributed by atoms with van der Waals surface area (Å²) in [4.78, 5) is 35.4. The Bertz CT molecular complexity index is 400. The summed E-state index contributed by atoms with van der Waals surface area (Å²) in [5, 5.41) is 18.1. The van der Waals surface area contributed by atoms with Gasteiger partial charge in [-0.25, -0.2) is 0 Å². The van der Waals surface area contributed by atoms with Gasteiger partial charge in [0.1, 0.15) is 6.61 Å². The lowest BCUT2D eigenvalue weighted by Crippen LogP contribution is -2.49. The molecule has 0 aromatic heterocycles. The molecule has 0 aromatic carbocycles. The number of likely N-dealkylation sites (tertiary alicyclic amines) is 1. The van der Waals surface area contributed by atoms with Crippen LogP contribution in [0.15, 0.2) is 0 Å². The first-order valence-corrected chi connectivity index (χ1v) is 6.49. The number of carboxylic acid groups (broad SMARTS) is 2. The van der Waals surface area contributed by atoms with E-state index in [4.69, 9.17) is 14.9 Å². The van der Waals surface area contributed by atoms with Crippen LogP contribution in [0.25, 0.3) is 0 Å². The normalized spacial score (nSPS) is 23.4. The minimum absolute atomic E-state index is 0.0847. The Morgan fingerprint density at radius 3 is 2.15 bits per heavy atom. The Hall–Kier alpha value is -1.63. The Labute approximate surface area is 117 Å². The summed E-state index contributed by atoms with van der Waals surface area (Å²) in [7, 11) is 0. The molecule has 114 valence electrons. The summed E-state index contributed by atoms with van der Waals surface area (Å²) in [6.07, 6.45) is 0.146. The van der Waals surface area contributed by atoms with Gasteiger partial charge in [-0.2, -0.15) is 0 Å². The summed E-state index contributed by atoms with van der Waals surface area (Å²) in [5.41, 5.74) is -0.457. The first-order valence-electron chi connectivity index (χ1n) is 6.49. The third kappa shape index (κ3) is 4.48. The van der Waals surface area contributed by atoms with Gasteiger partial charge in [0.2, 0.25) is 5.91 Å². The summed E-state index contributed by atoms with van der Waals surface area (Å²) in [6, 6.07) is 0. The van der Waals surface area contributed by atoms with Crippen molar-refractivity contribution in [1.29, 1.82) is 0 Å². The molecule has 0 saturated carbocycles. The predicted octanol–water partition coefficient (Wildman–Crippen LogP) is 0.435. The SMILES string of the molecule is CC(C)(C)OCC(=O)N1CCC(C(=O)O)C(C(=O)O)C1. The highest BCUT2D eigenvalue weighted by atomic mass is 16.5. The van der Waals surface area contributed by atoms with Crippen molar-refractivity contribution in [3.05, 3.63) is 0 Å². The quantitative estimate of drug-likeness (QED) is 0.777. The van der Waals surface area contributed by atoms with Gasteiger partial charge in [0.25, 0.3) is 0 Å². The summed E-state index contributed by atoms with van der Waals surface area (Å²) in [6.45, 7) is 5.48. The molecule has 1 rings (SSSR count). The molecule has 1 aliphatic heterocycles. The van der Waals surface area contributed by atoms with Crippen LogP contribution in [0.1, 0.15) is 27.2 Å². The second-order valence-electron chi connectivity index (χ2n) is 5.92. The second-order valence-corrected chi connectivity index (χ2v) is 5.92. The Balaban J connectivity index is 2.64. The molecule has 1 aliphatic rings. The third-order valence-corrected chi connectivity index (χ3v) is 3.23. The molecule has 1 heterocycles. The number of amides is 1. The second kappa shape index (κ2) is 6.21. The maximum Gasteiger partial charge on any atom is 0.309 e. The fourth-order valence-electron chi connectivity index (χ4n) is 2.09. The van der Waals surface area contributed by atoms with Crippen LogP contribution < -0.4 is 0 Å².